The van der Waals surface area contributed by atoms with Crippen LogP contribution in [0, 0.1) is 0 Å². The summed E-state index contributed by atoms with van der Waals surface area (Å²) in [6, 6.07) is 0. The molecule has 11 nitrogen and oxygen atoms in total. The van der Waals surface area contributed by atoms with Gasteiger partial charge in [0, 0.05) is 34.1 Å². The fraction of sp³-hybridized carbons (Fsp3) is 0.591. The summed E-state index contributed by atoms with van der Waals surface area (Å²) in [5.41, 5.74) is 5.48. The van der Waals surface area contributed by atoms with Crippen LogP contribution in [-0.2, 0) is 25.8 Å². The van der Waals surface area contributed by atoms with Gasteiger partial charge in [-0.25, -0.2) is 14.8 Å². The van der Waals surface area contributed by atoms with Gasteiger partial charge >= 0.3 is 5.69 Å². The minimum absolute atomic E-state index is 0.131. The Morgan fingerprint density at radius 1 is 0.941 bits per heavy atom. The van der Waals surface area contributed by atoms with E-state index in [-0.39, 0.29) is 11.6 Å². The Labute approximate surface area is 202 Å². The Balaban J connectivity index is 2.09. The smallest absolute Gasteiger partial charge is 0.332 e. The third-order valence-electron chi connectivity index (χ3n) is 5.32. The molecule has 3 aromatic heterocycles. The number of thioether (sulfide) groups is 1. The van der Waals surface area contributed by atoms with Crippen LogP contribution < -0.4 is 21.9 Å². The maximum absolute atomic E-state index is 13.1. The molecule has 2 N–H and O–H groups in total. The second-order valence-electron chi connectivity index (χ2n) is 8.35. The van der Waals surface area contributed by atoms with Crippen LogP contribution in [0.4, 0.5) is 11.9 Å². The van der Waals surface area contributed by atoms with Gasteiger partial charge in [0.2, 0.25) is 11.9 Å². The van der Waals surface area contributed by atoms with Gasteiger partial charge in [0.05, 0.1) is 5.75 Å². The van der Waals surface area contributed by atoms with E-state index >= 15 is 0 Å². The lowest BCUT2D eigenvalue weighted by Gasteiger charge is -2.14. The molecule has 0 aliphatic heterocycles. The van der Waals surface area contributed by atoms with E-state index in [1.807, 2.05) is 21.0 Å². The molecule has 12 heteroatoms. The van der Waals surface area contributed by atoms with Crippen LogP contribution in [0.2, 0.25) is 0 Å². The van der Waals surface area contributed by atoms with Crippen LogP contribution in [0.1, 0.15) is 57.6 Å². The number of aryl methyl sites for hydroxylation is 2. The normalized spacial score (nSPS) is 11.3. The first-order valence-corrected chi connectivity index (χ1v) is 12.6. The first-order valence-electron chi connectivity index (χ1n) is 11.6. The number of nitrogens with zero attached hydrogens (tertiary/aromatic N) is 8. The average molecular weight is 488 g/mol. The van der Waals surface area contributed by atoms with Crippen molar-refractivity contribution in [3.63, 3.8) is 0 Å². The van der Waals surface area contributed by atoms with Crippen LogP contribution in [0.25, 0.3) is 11.0 Å². The van der Waals surface area contributed by atoms with Crippen molar-refractivity contribution in [3.05, 3.63) is 32.5 Å². The van der Waals surface area contributed by atoms with Crippen molar-refractivity contribution in [1.29, 1.82) is 0 Å². The SMILES string of the molecule is CCCCCCc1nc(SCc2nc(N)nc(N(C)C)n2)c2c(=O)n(C)c(=O)n(CCC)c2n1. The predicted octanol–water partition coefficient (Wildman–Crippen LogP) is 2.15. The Morgan fingerprint density at radius 2 is 1.71 bits per heavy atom. The summed E-state index contributed by atoms with van der Waals surface area (Å²) in [5.74, 6) is 2.04. The molecule has 0 aromatic carbocycles. The Morgan fingerprint density at radius 3 is 2.38 bits per heavy atom. The van der Waals surface area contributed by atoms with Gasteiger partial charge in [-0.1, -0.05) is 44.9 Å². The van der Waals surface area contributed by atoms with Crippen LogP contribution in [0.5, 0.6) is 0 Å². The van der Waals surface area contributed by atoms with Gasteiger partial charge in [-0.2, -0.15) is 15.0 Å². The van der Waals surface area contributed by atoms with Crippen molar-refractivity contribution >= 4 is 34.7 Å². The molecule has 0 saturated heterocycles. The summed E-state index contributed by atoms with van der Waals surface area (Å²) in [4.78, 5) is 49.9. The van der Waals surface area contributed by atoms with Crippen LogP contribution in [0.3, 0.4) is 0 Å². The number of nitrogens with two attached hydrogens (primary N) is 1. The number of anilines is 2. The maximum Gasteiger partial charge on any atom is 0.332 e. The van der Waals surface area contributed by atoms with E-state index < -0.39 is 5.56 Å². The fourth-order valence-corrected chi connectivity index (χ4v) is 4.44. The zero-order valence-electron chi connectivity index (χ0n) is 20.5. The van der Waals surface area contributed by atoms with Crippen molar-refractivity contribution < 1.29 is 0 Å². The molecule has 0 aliphatic rings. The molecule has 0 fully saturated rings. The molecule has 3 rings (SSSR count). The second-order valence-corrected chi connectivity index (χ2v) is 9.31. The van der Waals surface area contributed by atoms with E-state index in [1.54, 1.807) is 9.47 Å². The Bertz CT molecular complexity index is 1270. The van der Waals surface area contributed by atoms with Crippen LogP contribution >= 0.6 is 11.8 Å². The first kappa shape index (κ1) is 25.6. The van der Waals surface area contributed by atoms with Crippen molar-refractivity contribution in [2.75, 3.05) is 24.7 Å². The van der Waals surface area contributed by atoms with Gasteiger partial charge in [-0.3, -0.25) is 13.9 Å². The summed E-state index contributed by atoms with van der Waals surface area (Å²) < 4.78 is 2.69. The van der Waals surface area contributed by atoms with Crippen molar-refractivity contribution in [1.82, 2.24) is 34.1 Å². The second kappa shape index (κ2) is 11.4. The zero-order chi connectivity index (χ0) is 24.8. The molecule has 0 bridgehead atoms. The van der Waals surface area contributed by atoms with E-state index in [9.17, 15) is 9.59 Å². The molecule has 184 valence electrons. The third kappa shape index (κ3) is 5.72. The zero-order valence-corrected chi connectivity index (χ0v) is 21.4. The molecular formula is C22H33N9O2S. The minimum atomic E-state index is -0.406. The monoisotopic (exact) mass is 487 g/mol. The lowest BCUT2D eigenvalue weighted by molar-refractivity contribution is 0.602. The van der Waals surface area contributed by atoms with Gasteiger partial charge in [0.25, 0.3) is 5.56 Å². The molecule has 0 amide bonds. The summed E-state index contributed by atoms with van der Waals surface area (Å²) in [6.07, 6.45) is 5.73. The largest absolute Gasteiger partial charge is 0.368 e. The van der Waals surface area contributed by atoms with Gasteiger partial charge < -0.3 is 10.6 Å². The van der Waals surface area contributed by atoms with E-state index in [1.165, 1.54) is 18.8 Å². The minimum Gasteiger partial charge on any atom is -0.368 e. The molecule has 0 unspecified atom stereocenters. The lowest BCUT2D eigenvalue weighted by Crippen LogP contribution is -2.39. The highest BCUT2D eigenvalue weighted by atomic mass is 32.2. The number of fused-ring (bicyclic) bond motifs is 1. The molecular weight excluding hydrogens is 454 g/mol. The van der Waals surface area contributed by atoms with Crippen molar-refractivity contribution in [3.8, 4) is 0 Å². The summed E-state index contributed by atoms with van der Waals surface area (Å²) in [6.45, 7) is 4.62. The van der Waals surface area contributed by atoms with Crippen molar-refractivity contribution in [2.24, 2.45) is 7.05 Å². The number of nitrogen functional groups attached to an aromatic ring is 1. The van der Waals surface area contributed by atoms with Gasteiger partial charge in [0.15, 0.2) is 5.65 Å². The third-order valence-corrected chi connectivity index (χ3v) is 6.29. The fourth-order valence-electron chi connectivity index (χ4n) is 3.55. The maximum atomic E-state index is 13.1. The van der Waals surface area contributed by atoms with Crippen LogP contribution in [0.15, 0.2) is 14.6 Å². The van der Waals surface area contributed by atoms with Crippen LogP contribution in [-0.4, -0.2) is 48.1 Å². The molecule has 0 spiro atoms. The molecule has 3 heterocycles. The van der Waals surface area contributed by atoms with Gasteiger partial charge in [0.1, 0.15) is 22.1 Å². The van der Waals surface area contributed by atoms with E-state index in [0.717, 1.165) is 36.7 Å². The quantitative estimate of drug-likeness (QED) is 0.243. The standard InChI is InChI=1S/C22H33N9O2S/c1-6-8-9-10-11-14-24-17-16(19(32)30(5)22(33)31(17)12-7-2)18(25-14)34-13-15-26-20(23)28-21(27-15)29(3)4/h6-13H2,1-5H3,(H2,23,26,27,28). The lowest BCUT2D eigenvalue weighted by atomic mass is 10.1. The number of hydrogen-bond donors (Lipinski definition) is 1. The summed E-state index contributed by atoms with van der Waals surface area (Å²) in [5, 5.41) is 0.860. The van der Waals surface area contributed by atoms with E-state index in [4.69, 9.17) is 10.7 Å². The summed E-state index contributed by atoms with van der Waals surface area (Å²) >= 11 is 1.34. The Hall–Kier alpha value is -3.02. The number of unbranched alkanes of at least 4 members (excludes halogenated alkanes) is 3. The topological polar surface area (TPSA) is 138 Å². The van der Waals surface area contributed by atoms with E-state index in [0.29, 0.717) is 52.4 Å². The predicted molar refractivity (Wildman–Crippen MR) is 135 cm³/mol. The first-order chi connectivity index (χ1) is 16.3. The van der Waals surface area contributed by atoms with E-state index in [2.05, 4.69) is 26.9 Å². The highest BCUT2D eigenvalue weighted by Gasteiger charge is 2.19. The van der Waals surface area contributed by atoms with Crippen molar-refractivity contribution in [2.45, 2.75) is 69.7 Å². The summed E-state index contributed by atoms with van der Waals surface area (Å²) in [7, 11) is 5.13. The van der Waals surface area contributed by atoms with Gasteiger partial charge in [-0.15, -0.1) is 0 Å². The van der Waals surface area contributed by atoms with Gasteiger partial charge in [-0.05, 0) is 12.8 Å². The molecule has 0 atom stereocenters. The molecule has 0 saturated carbocycles. The Kier molecular flexibility index (Phi) is 8.59. The highest BCUT2D eigenvalue weighted by Crippen LogP contribution is 2.26. The molecule has 0 radical (unpaired) electrons. The highest BCUT2D eigenvalue weighted by molar-refractivity contribution is 7.98. The number of rotatable bonds is 11. The molecule has 0 aliphatic carbocycles. The molecule has 3 aromatic rings. The number of aromatic nitrogens is 7. The molecule has 34 heavy (non-hydrogen) atoms. The number of hydrogen-bond acceptors (Lipinski definition) is 10. The average Bonchev–Trinajstić information content (AvgIpc) is 2.81.